The number of carbonyl (C=O) groups excluding carboxylic acids is 1. The number of benzene rings is 1. The number of nitrogens with zero attached hydrogens (tertiary/aromatic N) is 3. The summed E-state index contributed by atoms with van der Waals surface area (Å²) < 4.78 is 2.11. The largest absolute Gasteiger partial charge is 0.332 e. The van der Waals surface area contributed by atoms with Crippen molar-refractivity contribution >= 4 is 5.91 Å². The van der Waals surface area contributed by atoms with Crippen LogP contribution in [0.3, 0.4) is 0 Å². The first kappa shape index (κ1) is 11.7. The number of fused-ring (bicyclic) bond motifs is 2. The molecule has 0 saturated heterocycles. The Balaban J connectivity index is 1.59. The standard InChI is InChI=1S/C15H16N4O/c20-15(11-1-2-12-8-16-9-13(12)7-11)19-6-5-18-4-3-17-14(18)10-19/h1-4,7,16H,5-6,8-10H2. The van der Waals surface area contributed by atoms with Crippen LogP contribution in [0.25, 0.3) is 0 Å². The highest BCUT2D eigenvalue weighted by Crippen LogP contribution is 2.20. The van der Waals surface area contributed by atoms with E-state index in [-0.39, 0.29) is 5.91 Å². The highest BCUT2D eigenvalue weighted by molar-refractivity contribution is 5.94. The van der Waals surface area contributed by atoms with E-state index in [2.05, 4.69) is 20.9 Å². The molecule has 0 unspecified atom stereocenters. The van der Waals surface area contributed by atoms with Crippen LogP contribution in [0.15, 0.2) is 30.6 Å². The smallest absolute Gasteiger partial charge is 0.254 e. The van der Waals surface area contributed by atoms with Crippen molar-refractivity contribution in [2.45, 2.75) is 26.2 Å². The van der Waals surface area contributed by atoms with Gasteiger partial charge in [-0.25, -0.2) is 4.98 Å². The van der Waals surface area contributed by atoms with Gasteiger partial charge in [-0.1, -0.05) is 6.07 Å². The van der Waals surface area contributed by atoms with Crippen molar-refractivity contribution in [3.63, 3.8) is 0 Å². The molecule has 0 bridgehead atoms. The molecule has 0 atom stereocenters. The summed E-state index contributed by atoms with van der Waals surface area (Å²) in [6, 6.07) is 6.03. The van der Waals surface area contributed by atoms with E-state index in [1.54, 1.807) is 6.20 Å². The SMILES string of the molecule is O=C(c1ccc2c(c1)CNC2)N1CCn2ccnc2C1. The third kappa shape index (κ3) is 1.82. The maximum absolute atomic E-state index is 12.6. The second kappa shape index (κ2) is 4.45. The minimum atomic E-state index is 0.106. The molecular formula is C15H16N4O. The summed E-state index contributed by atoms with van der Waals surface area (Å²) in [5.41, 5.74) is 3.33. The summed E-state index contributed by atoms with van der Waals surface area (Å²) in [7, 11) is 0. The van der Waals surface area contributed by atoms with Crippen molar-refractivity contribution in [3.05, 3.63) is 53.1 Å². The van der Waals surface area contributed by atoms with Gasteiger partial charge in [-0.3, -0.25) is 4.79 Å². The fourth-order valence-electron chi connectivity index (χ4n) is 2.96. The molecule has 0 spiro atoms. The summed E-state index contributed by atoms with van der Waals surface area (Å²) in [5.74, 6) is 1.07. The third-order valence-corrected chi connectivity index (χ3v) is 4.12. The first-order valence-electron chi connectivity index (χ1n) is 6.93. The van der Waals surface area contributed by atoms with Gasteiger partial charge >= 0.3 is 0 Å². The lowest BCUT2D eigenvalue weighted by Gasteiger charge is -2.27. The number of nitrogens with one attached hydrogen (secondary N) is 1. The summed E-state index contributed by atoms with van der Waals surface area (Å²) in [5, 5.41) is 3.30. The van der Waals surface area contributed by atoms with E-state index in [0.717, 1.165) is 37.6 Å². The molecule has 4 rings (SSSR count). The first-order valence-corrected chi connectivity index (χ1v) is 6.93. The van der Waals surface area contributed by atoms with E-state index in [1.165, 1.54) is 11.1 Å². The molecular weight excluding hydrogens is 252 g/mol. The average molecular weight is 268 g/mol. The predicted octanol–water partition coefficient (Wildman–Crippen LogP) is 1.14. The minimum absolute atomic E-state index is 0.106. The normalized spacial score (nSPS) is 16.9. The number of hydrogen-bond donors (Lipinski definition) is 1. The van der Waals surface area contributed by atoms with Gasteiger partial charge in [0.15, 0.2) is 0 Å². The van der Waals surface area contributed by atoms with Gasteiger partial charge in [0.25, 0.3) is 5.91 Å². The Kier molecular flexibility index (Phi) is 2.60. The second-order valence-electron chi connectivity index (χ2n) is 5.35. The zero-order valence-corrected chi connectivity index (χ0v) is 11.2. The predicted molar refractivity (Wildman–Crippen MR) is 74.0 cm³/mol. The van der Waals surface area contributed by atoms with Gasteiger partial charge in [-0.15, -0.1) is 0 Å². The zero-order valence-electron chi connectivity index (χ0n) is 11.2. The zero-order chi connectivity index (χ0) is 13.5. The van der Waals surface area contributed by atoms with Gasteiger partial charge in [0, 0.05) is 44.1 Å². The molecule has 1 aromatic heterocycles. The van der Waals surface area contributed by atoms with Crippen molar-refractivity contribution in [1.29, 1.82) is 0 Å². The molecule has 5 heteroatoms. The Morgan fingerprint density at radius 2 is 2.10 bits per heavy atom. The lowest BCUT2D eigenvalue weighted by atomic mass is 10.1. The Hall–Kier alpha value is -2.14. The summed E-state index contributed by atoms with van der Waals surface area (Å²) in [6.45, 7) is 3.94. The molecule has 5 nitrogen and oxygen atoms in total. The van der Waals surface area contributed by atoms with Crippen LogP contribution < -0.4 is 5.32 Å². The van der Waals surface area contributed by atoms with Crippen LogP contribution in [0.2, 0.25) is 0 Å². The average Bonchev–Trinajstić information content (AvgIpc) is 3.13. The van der Waals surface area contributed by atoms with E-state index in [4.69, 9.17) is 0 Å². The highest BCUT2D eigenvalue weighted by atomic mass is 16.2. The van der Waals surface area contributed by atoms with Crippen LogP contribution in [0, 0.1) is 0 Å². The first-order chi connectivity index (χ1) is 9.81. The quantitative estimate of drug-likeness (QED) is 0.844. The van der Waals surface area contributed by atoms with E-state index in [1.807, 2.05) is 23.2 Å². The monoisotopic (exact) mass is 268 g/mol. The molecule has 0 saturated carbocycles. The van der Waals surface area contributed by atoms with Gasteiger partial charge in [0.1, 0.15) is 5.82 Å². The molecule has 20 heavy (non-hydrogen) atoms. The van der Waals surface area contributed by atoms with Crippen LogP contribution >= 0.6 is 0 Å². The second-order valence-corrected chi connectivity index (χ2v) is 5.35. The molecule has 102 valence electrons. The molecule has 1 aromatic carbocycles. The van der Waals surface area contributed by atoms with Gasteiger partial charge < -0.3 is 14.8 Å². The Morgan fingerprint density at radius 1 is 1.20 bits per heavy atom. The van der Waals surface area contributed by atoms with Crippen LogP contribution in [-0.2, 0) is 26.2 Å². The summed E-state index contributed by atoms with van der Waals surface area (Å²) in [6.07, 6.45) is 3.77. The molecule has 1 N–H and O–H groups in total. The van der Waals surface area contributed by atoms with Crippen molar-refractivity contribution in [2.75, 3.05) is 6.54 Å². The number of carbonyl (C=O) groups is 1. The van der Waals surface area contributed by atoms with Gasteiger partial charge in [-0.05, 0) is 23.3 Å². The third-order valence-electron chi connectivity index (χ3n) is 4.12. The molecule has 2 aliphatic rings. The Labute approximate surface area is 117 Å². The number of amides is 1. The van der Waals surface area contributed by atoms with Crippen molar-refractivity contribution in [2.24, 2.45) is 0 Å². The number of imidazole rings is 1. The van der Waals surface area contributed by atoms with Crippen LogP contribution in [-0.4, -0.2) is 26.9 Å². The van der Waals surface area contributed by atoms with E-state index >= 15 is 0 Å². The number of rotatable bonds is 1. The van der Waals surface area contributed by atoms with Crippen LogP contribution in [0.1, 0.15) is 27.3 Å². The lowest BCUT2D eigenvalue weighted by Crippen LogP contribution is -2.38. The van der Waals surface area contributed by atoms with Crippen molar-refractivity contribution in [3.8, 4) is 0 Å². The van der Waals surface area contributed by atoms with Crippen molar-refractivity contribution in [1.82, 2.24) is 19.8 Å². The van der Waals surface area contributed by atoms with Crippen LogP contribution in [0.4, 0.5) is 0 Å². The number of aromatic nitrogens is 2. The molecule has 0 radical (unpaired) electrons. The van der Waals surface area contributed by atoms with Gasteiger partial charge in [0.2, 0.25) is 0 Å². The van der Waals surface area contributed by atoms with Crippen molar-refractivity contribution < 1.29 is 4.79 Å². The molecule has 0 aliphatic carbocycles. The summed E-state index contributed by atoms with van der Waals surface area (Å²) in [4.78, 5) is 18.8. The Morgan fingerprint density at radius 3 is 3.05 bits per heavy atom. The van der Waals surface area contributed by atoms with E-state index < -0.39 is 0 Å². The van der Waals surface area contributed by atoms with Gasteiger partial charge in [0.05, 0.1) is 6.54 Å². The highest BCUT2D eigenvalue weighted by Gasteiger charge is 2.23. The molecule has 2 aliphatic heterocycles. The van der Waals surface area contributed by atoms with Crippen LogP contribution in [0.5, 0.6) is 0 Å². The maximum Gasteiger partial charge on any atom is 0.254 e. The lowest BCUT2D eigenvalue weighted by molar-refractivity contribution is 0.0707. The molecule has 0 fully saturated rings. The van der Waals surface area contributed by atoms with E-state index in [0.29, 0.717) is 6.54 Å². The van der Waals surface area contributed by atoms with E-state index in [9.17, 15) is 4.79 Å². The molecule has 2 aromatic rings. The fraction of sp³-hybridized carbons (Fsp3) is 0.333. The topological polar surface area (TPSA) is 50.2 Å². The molecule has 3 heterocycles. The summed E-state index contributed by atoms with van der Waals surface area (Å²) >= 11 is 0. The fourth-order valence-corrected chi connectivity index (χ4v) is 2.96. The maximum atomic E-state index is 12.6. The minimum Gasteiger partial charge on any atom is -0.332 e. The molecule has 1 amide bonds. The van der Waals surface area contributed by atoms with Gasteiger partial charge in [-0.2, -0.15) is 0 Å². The Bertz CT molecular complexity index is 676. The number of hydrogen-bond acceptors (Lipinski definition) is 3.